The summed E-state index contributed by atoms with van der Waals surface area (Å²) in [5, 5.41) is 9.35. The van der Waals surface area contributed by atoms with E-state index in [2.05, 4.69) is 0 Å². The second-order valence-corrected chi connectivity index (χ2v) is 4.23. The Labute approximate surface area is 101 Å². The molecule has 0 saturated heterocycles. The smallest absolute Gasteiger partial charge is 0.181 e. The van der Waals surface area contributed by atoms with E-state index in [1.807, 2.05) is 26.0 Å². The van der Waals surface area contributed by atoms with Crippen LogP contribution in [0.15, 0.2) is 18.2 Å². The van der Waals surface area contributed by atoms with Gasteiger partial charge in [0.1, 0.15) is 5.92 Å². The van der Waals surface area contributed by atoms with Crippen LogP contribution in [0.4, 0.5) is 0 Å². The van der Waals surface area contributed by atoms with Crippen LogP contribution < -0.4 is 0 Å². The van der Waals surface area contributed by atoms with Crippen molar-refractivity contribution in [3.05, 3.63) is 34.3 Å². The summed E-state index contributed by atoms with van der Waals surface area (Å²) in [6.45, 7) is 3.86. The summed E-state index contributed by atoms with van der Waals surface area (Å²) in [6, 6.07) is 7.31. The van der Waals surface area contributed by atoms with E-state index in [0.717, 1.165) is 12.0 Å². The Hall–Kier alpha value is -1.33. The molecule has 1 rings (SSSR count). The molecular formula is C13H14ClNO. The number of carbonyl (C=O) groups is 1. The number of nitriles is 1. The fraction of sp³-hybridized carbons (Fsp3) is 0.385. The van der Waals surface area contributed by atoms with Crippen molar-refractivity contribution in [2.24, 2.45) is 5.92 Å². The molecule has 1 atom stereocenters. The number of hydrogen-bond donors (Lipinski definition) is 0. The van der Waals surface area contributed by atoms with Gasteiger partial charge in [0.25, 0.3) is 0 Å². The maximum absolute atomic E-state index is 12.0. The summed E-state index contributed by atoms with van der Waals surface area (Å²) in [4.78, 5) is 12.0. The van der Waals surface area contributed by atoms with E-state index in [1.54, 1.807) is 12.1 Å². The molecule has 0 N–H and O–H groups in total. The van der Waals surface area contributed by atoms with Gasteiger partial charge in [0.2, 0.25) is 0 Å². The lowest BCUT2D eigenvalue weighted by atomic mass is 9.94. The van der Waals surface area contributed by atoms with Gasteiger partial charge in [-0.15, -0.1) is 0 Å². The molecule has 0 heterocycles. The first-order chi connectivity index (χ1) is 7.60. The molecule has 3 heteroatoms. The van der Waals surface area contributed by atoms with Gasteiger partial charge in [-0.2, -0.15) is 5.26 Å². The van der Waals surface area contributed by atoms with Crippen LogP contribution in [0.5, 0.6) is 0 Å². The Morgan fingerprint density at radius 2 is 2.25 bits per heavy atom. The van der Waals surface area contributed by atoms with Gasteiger partial charge in [0.15, 0.2) is 5.78 Å². The number of Topliss-reactive ketones (excluding diaryl/α,β-unsaturated/α-hetero) is 1. The van der Waals surface area contributed by atoms with Crippen molar-refractivity contribution in [1.29, 1.82) is 5.26 Å². The van der Waals surface area contributed by atoms with Crippen LogP contribution in [-0.2, 0) is 0 Å². The molecule has 84 valence electrons. The van der Waals surface area contributed by atoms with Gasteiger partial charge >= 0.3 is 0 Å². The molecule has 0 bridgehead atoms. The lowest BCUT2D eigenvalue weighted by Crippen LogP contribution is -2.13. The zero-order valence-electron chi connectivity index (χ0n) is 9.46. The van der Waals surface area contributed by atoms with Gasteiger partial charge in [-0.25, -0.2) is 0 Å². The third-order valence-corrected chi connectivity index (χ3v) is 2.75. The Bertz CT molecular complexity index is 434. The fourth-order valence-electron chi connectivity index (χ4n) is 1.55. The van der Waals surface area contributed by atoms with E-state index in [1.165, 1.54) is 0 Å². The molecule has 1 aromatic rings. The molecule has 16 heavy (non-hydrogen) atoms. The van der Waals surface area contributed by atoms with E-state index in [4.69, 9.17) is 16.9 Å². The minimum absolute atomic E-state index is 0.172. The first-order valence-electron chi connectivity index (χ1n) is 5.30. The summed E-state index contributed by atoms with van der Waals surface area (Å²) in [5.41, 5.74) is 1.46. The third kappa shape index (κ3) is 2.84. The van der Waals surface area contributed by atoms with Crippen LogP contribution in [-0.4, -0.2) is 5.78 Å². The minimum atomic E-state index is -0.579. The molecule has 0 aromatic heterocycles. The monoisotopic (exact) mass is 235 g/mol. The largest absolute Gasteiger partial charge is 0.293 e. The summed E-state index contributed by atoms with van der Waals surface area (Å²) >= 11 is 6.00. The van der Waals surface area contributed by atoms with Crippen LogP contribution in [0.25, 0.3) is 0 Å². The first kappa shape index (κ1) is 12.7. The predicted octanol–water partition coefficient (Wildman–Crippen LogP) is 3.77. The second kappa shape index (κ2) is 5.67. The number of rotatable bonds is 4. The molecule has 0 aliphatic heterocycles. The zero-order chi connectivity index (χ0) is 12.1. The normalized spacial score (nSPS) is 11.9. The highest BCUT2D eigenvalue weighted by Crippen LogP contribution is 2.22. The lowest BCUT2D eigenvalue weighted by Gasteiger charge is -2.08. The van der Waals surface area contributed by atoms with Crippen molar-refractivity contribution in [2.45, 2.75) is 26.7 Å². The lowest BCUT2D eigenvalue weighted by molar-refractivity contribution is 0.0944. The molecule has 0 fully saturated rings. The summed E-state index contributed by atoms with van der Waals surface area (Å²) in [5.74, 6) is -0.750. The second-order valence-electron chi connectivity index (χ2n) is 3.82. The standard InChI is InChI=1S/C13H14ClNO/c1-3-4-10(8-15)13(16)11-6-5-9(2)7-12(11)14/h5-7,10H,3-4H2,1-2H3. The Morgan fingerprint density at radius 1 is 1.56 bits per heavy atom. The maximum atomic E-state index is 12.0. The van der Waals surface area contributed by atoms with E-state index in [0.29, 0.717) is 17.0 Å². The van der Waals surface area contributed by atoms with Gasteiger partial charge < -0.3 is 0 Å². The summed E-state index contributed by atoms with van der Waals surface area (Å²) < 4.78 is 0. The Kier molecular flexibility index (Phi) is 4.52. The Balaban J connectivity index is 3.00. The van der Waals surface area contributed by atoms with Crippen molar-refractivity contribution in [3.8, 4) is 6.07 Å². The van der Waals surface area contributed by atoms with Crippen LogP contribution in [0.1, 0.15) is 35.7 Å². The van der Waals surface area contributed by atoms with Crippen LogP contribution in [0, 0.1) is 24.2 Å². The molecule has 1 unspecified atom stereocenters. The zero-order valence-corrected chi connectivity index (χ0v) is 10.2. The van der Waals surface area contributed by atoms with E-state index < -0.39 is 5.92 Å². The molecule has 0 aliphatic rings. The number of aryl methyl sites for hydroxylation is 1. The number of nitrogens with zero attached hydrogens (tertiary/aromatic N) is 1. The topological polar surface area (TPSA) is 40.9 Å². The molecule has 0 aliphatic carbocycles. The fourth-order valence-corrected chi connectivity index (χ4v) is 1.88. The summed E-state index contributed by atoms with van der Waals surface area (Å²) in [6.07, 6.45) is 1.40. The van der Waals surface area contributed by atoms with Crippen LogP contribution >= 0.6 is 11.6 Å². The van der Waals surface area contributed by atoms with Crippen molar-refractivity contribution < 1.29 is 4.79 Å². The highest BCUT2D eigenvalue weighted by atomic mass is 35.5. The molecular weight excluding hydrogens is 222 g/mol. The number of hydrogen-bond acceptors (Lipinski definition) is 2. The van der Waals surface area contributed by atoms with Gasteiger partial charge in [0.05, 0.1) is 11.1 Å². The molecule has 0 spiro atoms. The molecule has 0 saturated carbocycles. The van der Waals surface area contributed by atoms with Crippen LogP contribution in [0.3, 0.4) is 0 Å². The maximum Gasteiger partial charge on any atom is 0.181 e. The molecule has 0 amide bonds. The molecule has 0 radical (unpaired) electrons. The molecule has 1 aromatic carbocycles. The average Bonchev–Trinajstić information content (AvgIpc) is 2.25. The average molecular weight is 236 g/mol. The quantitative estimate of drug-likeness (QED) is 0.746. The number of halogens is 1. The Morgan fingerprint density at radius 3 is 2.75 bits per heavy atom. The van der Waals surface area contributed by atoms with Crippen molar-refractivity contribution in [2.75, 3.05) is 0 Å². The number of carbonyl (C=O) groups excluding carboxylic acids is 1. The van der Waals surface area contributed by atoms with Crippen molar-refractivity contribution in [1.82, 2.24) is 0 Å². The highest BCUT2D eigenvalue weighted by Gasteiger charge is 2.20. The van der Waals surface area contributed by atoms with Gasteiger partial charge in [-0.1, -0.05) is 31.0 Å². The van der Waals surface area contributed by atoms with E-state index >= 15 is 0 Å². The van der Waals surface area contributed by atoms with E-state index in [9.17, 15) is 4.79 Å². The van der Waals surface area contributed by atoms with Crippen molar-refractivity contribution >= 4 is 17.4 Å². The minimum Gasteiger partial charge on any atom is -0.293 e. The van der Waals surface area contributed by atoms with E-state index in [-0.39, 0.29) is 5.78 Å². The highest BCUT2D eigenvalue weighted by molar-refractivity contribution is 6.34. The third-order valence-electron chi connectivity index (χ3n) is 2.44. The van der Waals surface area contributed by atoms with Crippen molar-refractivity contribution in [3.63, 3.8) is 0 Å². The number of benzene rings is 1. The van der Waals surface area contributed by atoms with Gasteiger partial charge in [0, 0.05) is 5.56 Å². The van der Waals surface area contributed by atoms with Crippen LogP contribution in [0.2, 0.25) is 5.02 Å². The van der Waals surface area contributed by atoms with Gasteiger partial charge in [-0.05, 0) is 31.0 Å². The number of ketones is 1. The van der Waals surface area contributed by atoms with Gasteiger partial charge in [-0.3, -0.25) is 4.79 Å². The predicted molar refractivity (Wildman–Crippen MR) is 64.5 cm³/mol. The SMILES string of the molecule is CCCC(C#N)C(=O)c1ccc(C)cc1Cl. The molecule has 2 nitrogen and oxygen atoms in total. The first-order valence-corrected chi connectivity index (χ1v) is 5.68. The summed E-state index contributed by atoms with van der Waals surface area (Å²) in [7, 11) is 0.